The van der Waals surface area contributed by atoms with Crippen LogP contribution in [-0.2, 0) is 29.4 Å². The molecule has 9 heteroatoms. The van der Waals surface area contributed by atoms with E-state index in [1.165, 1.54) is 12.1 Å². The highest BCUT2D eigenvalue weighted by molar-refractivity contribution is 7.89. The van der Waals surface area contributed by atoms with E-state index in [0.29, 0.717) is 23.9 Å². The summed E-state index contributed by atoms with van der Waals surface area (Å²) in [7, 11) is -4.07. The fourth-order valence-electron chi connectivity index (χ4n) is 4.76. The molecule has 2 aromatic carbocycles. The molecule has 1 fully saturated rings. The second-order valence-electron chi connectivity index (χ2n) is 9.12. The molecule has 0 unspecified atom stereocenters. The Morgan fingerprint density at radius 1 is 1.03 bits per heavy atom. The summed E-state index contributed by atoms with van der Waals surface area (Å²) in [5, 5.41) is 5.47. The van der Waals surface area contributed by atoms with E-state index in [9.17, 15) is 21.6 Å². The first kappa shape index (κ1) is 25.3. The van der Waals surface area contributed by atoms with E-state index in [-0.39, 0.29) is 22.8 Å². The van der Waals surface area contributed by atoms with Crippen LogP contribution in [-0.4, -0.2) is 13.0 Å². The maximum atomic E-state index is 13.6. The van der Waals surface area contributed by atoms with Gasteiger partial charge >= 0.3 is 6.18 Å². The first-order valence-corrected chi connectivity index (χ1v) is 13.2. The lowest BCUT2D eigenvalue weighted by Crippen LogP contribution is -2.17. The normalized spacial score (nSPS) is 15.3. The molecular formula is C26H29F3N2O3S. The number of nitrogens with zero attached hydrogens (tertiary/aromatic N) is 1. The molecule has 5 nitrogen and oxygen atoms in total. The Labute approximate surface area is 203 Å². The molecule has 1 aliphatic rings. The number of hydrogen-bond acceptors (Lipinski definition) is 3. The van der Waals surface area contributed by atoms with E-state index < -0.39 is 21.8 Å². The summed E-state index contributed by atoms with van der Waals surface area (Å²) >= 11 is 0. The number of ether oxygens (including phenoxy) is 1. The van der Waals surface area contributed by atoms with Crippen molar-refractivity contribution in [3.05, 3.63) is 71.4 Å². The number of aromatic nitrogens is 1. The summed E-state index contributed by atoms with van der Waals surface area (Å²) in [6, 6.07) is 14.0. The summed E-state index contributed by atoms with van der Waals surface area (Å²) in [6.45, 7) is 2.30. The van der Waals surface area contributed by atoms with Crippen molar-refractivity contribution in [3.63, 3.8) is 0 Å². The van der Waals surface area contributed by atoms with Gasteiger partial charge in [0.25, 0.3) is 0 Å². The first-order chi connectivity index (χ1) is 16.5. The minimum absolute atomic E-state index is 0.0882. The van der Waals surface area contributed by atoms with E-state index in [1.54, 1.807) is 11.5 Å². The molecule has 3 aromatic rings. The van der Waals surface area contributed by atoms with Gasteiger partial charge in [-0.15, -0.1) is 0 Å². The summed E-state index contributed by atoms with van der Waals surface area (Å²) in [5.41, 5.74) is 0.979. The minimum atomic E-state index is -4.56. The predicted octanol–water partition coefficient (Wildman–Crippen LogP) is 6.29. The van der Waals surface area contributed by atoms with Crippen molar-refractivity contribution in [1.82, 2.24) is 4.57 Å². The van der Waals surface area contributed by atoms with Crippen LogP contribution in [0.5, 0.6) is 5.75 Å². The molecule has 0 amide bonds. The van der Waals surface area contributed by atoms with Gasteiger partial charge in [0.05, 0.1) is 11.3 Å². The smallest absolute Gasteiger partial charge is 0.416 e. The number of halogens is 3. The number of sulfonamides is 1. The van der Waals surface area contributed by atoms with Gasteiger partial charge in [-0.25, -0.2) is 13.6 Å². The van der Waals surface area contributed by atoms with Gasteiger partial charge in [-0.1, -0.05) is 49.6 Å². The third-order valence-electron chi connectivity index (χ3n) is 6.61. The van der Waals surface area contributed by atoms with Crippen LogP contribution in [0.1, 0.15) is 48.9 Å². The summed E-state index contributed by atoms with van der Waals surface area (Å²) in [5.74, 6) is 0.548. The molecule has 4 rings (SSSR count). The second-order valence-corrected chi connectivity index (χ2v) is 10.7. The molecule has 1 aliphatic carbocycles. The largest absolute Gasteiger partial charge is 0.488 e. The van der Waals surface area contributed by atoms with Crippen molar-refractivity contribution in [2.24, 2.45) is 11.1 Å². The van der Waals surface area contributed by atoms with Crippen molar-refractivity contribution in [2.45, 2.75) is 63.3 Å². The average molecular weight is 507 g/mol. The van der Waals surface area contributed by atoms with E-state index in [2.05, 4.69) is 0 Å². The Balaban J connectivity index is 1.83. The predicted molar refractivity (Wildman–Crippen MR) is 128 cm³/mol. The number of nitrogens with two attached hydrogens (primary N) is 1. The zero-order valence-corrected chi connectivity index (χ0v) is 20.3. The lowest BCUT2D eigenvalue weighted by atomic mass is 9.89. The van der Waals surface area contributed by atoms with Crippen LogP contribution in [0.2, 0.25) is 0 Å². The van der Waals surface area contributed by atoms with Gasteiger partial charge in [-0.3, -0.25) is 0 Å². The SMILES string of the molecule is Cc1c(S(N)(=O)=O)cc(-c2cc(C(F)(F)F)ccc2OCc2ccccc2)n1CC1CCCCC1. The van der Waals surface area contributed by atoms with E-state index >= 15 is 0 Å². The van der Waals surface area contributed by atoms with Gasteiger partial charge in [0.1, 0.15) is 17.3 Å². The van der Waals surface area contributed by atoms with Gasteiger partial charge in [-0.2, -0.15) is 13.2 Å². The third kappa shape index (κ3) is 5.90. The topological polar surface area (TPSA) is 74.3 Å². The minimum Gasteiger partial charge on any atom is -0.488 e. The van der Waals surface area contributed by atoms with Gasteiger partial charge in [-0.05, 0) is 55.5 Å². The lowest BCUT2D eigenvalue weighted by molar-refractivity contribution is -0.137. The Kier molecular flexibility index (Phi) is 7.28. The van der Waals surface area contributed by atoms with Crippen LogP contribution >= 0.6 is 0 Å². The molecule has 35 heavy (non-hydrogen) atoms. The first-order valence-electron chi connectivity index (χ1n) is 11.7. The molecular weight excluding hydrogens is 477 g/mol. The van der Waals surface area contributed by atoms with Crippen LogP contribution in [0.15, 0.2) is 59.5 Å². The monoisotopic (exact) mass is 506 g/mol. The Morgan fingerprint density at radius 2 is 1.71 bits per heavy atom. The summed E-state index contributed by atoms with van der Waals surface area (Å²) < 4.78 is 73.3. The van der Waals surface area contributed by atoms with Crippen molar-refractivity contribution < 1.29 is 26.3 Å². The molecule has 0 aliphatic heterocycles. The fraction of sp³-hybridized carbons (Fsp3) is 0.385. The molecule has 0 radical (unpaired) electrons. The highest BCUT2D eigenvalue weighted by Crippen LogP contribution is 2.40. The van der Waals surface area contributed by atoms with E-state index in [0.717, 1.165) is 49.8 Å². The van der Waals surface area contributed by atoms with E-state index in [4.69, 9.17) is 9.88 Å². The van der Waals surface area contributed by atoms with Crippen molar-refractivity contribution >= 4 is 10.0 Å². The zero-order valence-electron chi connectivity index (χ0n) is 19.5. The van der Waals surface area contributed by atoms with Crippen molar-refractivity contribution in [2.75, 3.05) is 0 Å². The van der Waals surface area contributed by atoms with Crippen LogP contribution in [0.3, 0.4) is 0 Å². The number of alkyl halides is 3. The number of primary sulfonamides is 1. The zero-order chi connectivity index (χ0) is 25.2. The second kappa shape index (κ2) is 10.1. The molecule has 1 aromatic heterocycles. The third-order valence-corrected chi connectivity index (χ3v) is 7.64. The molecule has 188 valence electrons. The molecule has 0 spiro atoms. The molecule has 2 N–H and O–H groups in total. The molecule has 0 atom stereocenters. The number of hydrogen-bond donors (Lipinski definition) is 1. The number of benzene rings is 2. The lowest BCUT2D eigenvalue weighted by Gasteiger charge is -2.25. The van der Waals surface area contributed by atoms with Crippen LogP contribution in [0.4, 0.5) is 13.2 Å². The van der Waals surface area contributed by atoms with E-state index in [1.807, 2.05) is 30.3 Å². The Bertz CT molecular complexity index is 1280. The van der Waals surface area contributed by atoms with Gasteiger partial charge < -0.3 is 9.30 Å². The summed E-state index contributed by atoms with van der Waals surface area (Å²) in [6.07, 6.45) is 0.727. The number of rotatable bonds is 7. The van der Waals surface area contributed by atoms with Gasteiger partial charge in [0.15, 0.2) is 0 Å². The molecule has 1 saturated carbocycles. The maximum absolute atomic E-state index is 13.6. The highest BCUT2D eigenvalue weighted by Gasteiger charge is 2.32. The quantitative estimate of drug-likeness (QED) is 0.409. The molecule has 0 saturated heterocycles. The fourth-order valence-corrected chi connectivity index (χ4v) is 5.56. The Morgan fingerprint density at radius 3 is 2.34 bits per heavy atom. The highest BCUT2D eigenvalue weighted by atomic mass is 32.2. The van der Waals surface area contributed by atoms with Crippen molar-refractivity contribution in [1.29, 1.82) is 0 Å². The maximum Gasteiger partial charge on any atom is 0.416 e. The molecule has 0 bridgehead atoms. The van der Waals surface area contributed by atoms with Crippen LogP contribution in [0, 0.1) is 12.8 Å². The van der Waals surface area contributed by atoms with Gasteiger partial charge in [0, 0.05) is 17.8 Å². The van der Waals surface area contributed by atoms with Gasteiger partial charge in [0.2, 0.25) is 10.0 Å². The molecule has 1 heterocycles. The van der Waals surface area contributed by atoms with Crippen LogP contribution in [0.25, 0.3) is 11.3 Å². The van der Waals surface area contributed by atoms with Crippen molar-refractivity contribution in [3.8, 4) is 17.0 Å². The summed E-state index contributed by atoms with van der Waals surface area (Å²) in [4.78, 5) is -0.0882. The average Bonchev–Trinajstić information content (AvgIpc) is 3.14. The Hall–Kier alpha value is -2.78. The standard InChI is InChI=1S/C26H29F3N2O3S/c1-18-25(35(30,32)33)15-23(31(18)16-19-8-4-2-5-9-19)22-14-21(26(27,28)29)12-13-24(22)34-17-20-10-6-3-7-11-20/h3,6-7,10-15,19H,2,4-5,8-9,16-17H2,1H3,(H2,30,32,33). The van der Waals surface area contributed by atoms with Crippen LogP contribution < -0.4 is 9.88 Å².